The van der Waals surface area contributed by atoms with Gasteiger partial charge < -0.3 is 5.32 Å². The lowest BCUT2D eigenvalue weighted by Gasteiger charge is -2.27. The van der Waals surface area contributed by atoms with E-state index in [2.05, 4.69) is 11.4 Å². The quantitative estimate of drug-likeness (QED) is 0.554. The van der Waals surface area contributed by atoms with Crippen LogP contribution in [0.3, 0.4) is 0 Å². The van der Waals surface area contributed by atoms with Crippen LogP contribution in [0.5, 0.6) is 0 Å². The second-order valence-electron chi connectivity index (χ2n) is 3.80. The van der Waals surface area contributed by atoms with E-state index in [0.717, 1.165) is 0 Å². The molecule has 0 aromatic rings. The van der Waals surface area contributed by atoms with Crippen molar-refractivity contribution in [3.05, 3.63) is 0 Å². The van der Waals surface area contributed by atoms with Gasteiger partial charge in [-0.05, 0) is 6.92 Å². The van der Waals surface area contributed by atoms with Crippen molar-refractivity contribution < 1.29 is 4.79 Å². The van der Waals surface area contributed by atoms with Crippen molar-refractivity contribution in [1.29, 1.82) is 5.26 Å². The molecule has 1 atom stereocenters. The van der Waals surface area contributed by atoms with Gasteiger partial charge >= 0.3 is 0 Å². The maximum atomic E-state index is 11.2. The number of nitrogens with zero attached hydrogens (tertiary/aromatic N) is 1. The zero-order valence-electron chi connectivity index (χ0n) is 7.06. The van der Waals surface area contributed by atoms with E-state index in [-0.39, 0.29) is 11.3 Å². The largest absolute Gasteiger partial charge is 0.354 e. The van der Waals surface area contributed by atoms with Crippen LogP contribution in [-0.4, -0.2) is 12.5 Å². The van der Waals surface area contributed by atoms with Crippen molar-refractivity contribution in [1.82, 2.24) is 5.32 Å². The van der Waals surface area contributed by atoms with Gasteiger partial charge in [0.15, 0.2) is 0 Å². The van der Waals surface area contributed by atoms with Crippen LogP contribution in [-0.2, 0) is 4.79 Å². The number of hydrogen-bond donors (Lipinski definition) is 1. The first-order chi connectivity index (χ1) is 4.94. The third-order valence-electron chi connectivity index (χ3n) is 2.72. The maximum absolute atomic E-state index is 11.2. The second-order valence-corrected chi connectivity index (χ2v) is 3.80. The lowest BCUT2D eigenvalue weighted by molar-refractivity contribution is -0.126. The average molecular weight is 152 g/mol. The third kappa shape index (κ3) is 0.823. The normalized spacial score (nSPS) is 34.5. The molecule has 1 unspecified atom stereocenters. The van der Waals surface area contributed by atoms with Crippen LogP contribution < -0.4 is 5.32 Å². The molecule has 1 rings (SSSR count). The number of hydrogen-bond acceptors (Lipinski definition) is 2. The predicted octanol–water partition coefficient (Wildman–Crippen LogP) is 0.672. The lowest BCUT2D eigenvalue weighted by Crippen LogP contribution is -2.35. The maximum Gasteiger partial charge on any atom is 0.240 e. The number of rotatable bonds is 0. The molecule has 60 valence electrons. The number of amides is 1. The molecule has 0 spiro atoms. The van der Waals surface area contributed by atoms with Crippen molar-refractivity contribution in [3.63, 3.8) is 0 Å². The summed E-state index contributed by atoms with van der Waals surface area (Å²) in [6, 6.07) is 2.07. The summed E-state index contributed by atoms with van der Waals surface area (Å²) in [4.78, 5) is 11.2. The van der Waals surface area contributed by atoms with Gasteiger partial charge in [0.1, 0.15) is 5.41 Å². The molecule has 1 aliphatic heterocycles. The summed E-state index contributed by atoms with van der Waals surface area (Å²) in [5.41, 5.74) is -1.11. The highest BCUT2D eigenvalue weighted by atomic mass is 16.2. The van der Waals surface area contributed by atoms with Crippen LogP contribution in [0.25, 0.3) is 0 Å². The molecule has 0 saturated carbocycles. The molecule has 0 aliphatic carbocycles. The van der Waals surface area contributed by atoms with Crippen molar-refractivity contribution >= 4 is 5.91 Å². The van der Waals surface area contributed by atoms with E-state index < -0.39 is 5.41 Å². The molecule has 3 heteroatoms. The predicted molar refractivity (Wildman–Crippen MR) is 40.5 cm³/mol. The van der Waals surface area contributed by atoms with Crippen molar-refractivity contribution in [2.45, 2.75) is 20.8 Å². The summed E-state index contributed by atoms with van der Waals surface area (Å²) in [5.74, 6) is -0.148. The molecule has 1 heterocycles. The van der Waals surface area contributed by atoms with E-state index in [1.807, 2.05) is 13.8 Å². The van der Waals surface area contributed by atoms with Gasteiger partial charge in [-0.15, -0.1) is 0 Å². The first-order valence-electron chi connectivity index (χ1n) is 3.63. The van der Waals surface area contributed by atoms with Crippen molar-refractivity contribution in [2.24, 2.45) is 10.8 Å². The molecule has 0 aromatic heterocycles. The lowest BCUT2D eigenvalue weighted by atomic mass is 9.70. The Hall–Kier alpha value is -1.04. The fourth-order valence-corrected chi connectivity index (χ4v) is 1.16. The molecule has 11 heavy (non-hydrogen) atoms. The molecule has 1 N–H and O–H groups in total. The Morgan fingerprint density at radius 1 is 1.55 bits per heavy atom. The Kier molecular flexibility index (Phi) is 1.45. The van der Waals surface area contributed by atoms with Gasteiger partial charge in [-0.3, -0.25) is 4.79 Å². The molecule has 3 nitrogen and oxygen atoms in total. The summed E-state index contributed by atoms with van der Waals surface area (Å²) in [6.45, 7) is 6.13. The summed E-state index contributed by atoms with van der Waals surface area (Å²) < 4.78 is 0. The second kappa shape index (κ2) is 1.97. The van der Waals surface area contributed by atoms with Crippen LogP contribution in [0.15, 0.2) is 0 Å². The van der Waals surface area contributed by atoms with Crippen LogP contribution in [0, 0.1) is 22.2 Å². The fraction of sp³-hybridized carbons (Fsp3) is 0.750. The summed E-state index contributed by atoms with van der Waals surface area (Å²) in [5, 5.41) is 11.5. The average Bonchev–Trinajstić information content (AvgIpc) is 2.15. The topological polar surface area (TPSA) is 52.9 Å². The highest BCUT2D eigenvalue weighted by Crippen LogP contribution is 2.41. The molecular formula is C8H12N2O. The highest BCUT2D eigenvalue weighted by molar-refractivity contribution is 5.88. The monoisotopic (exact) mass is 152 g/mol. The molecule has 1 fully saturated rings. The van der Waals surface area contributed by atoms with Gasteiger partial charge in [0.2, 0.25) is 5.91 Å². The molecule has 1 aliphatic rings. The number of nitrogens with one attached hydrogen (secondary N) is 1. The molecule has 1 amide bonds. The van der Waals surface area contributed by atoms with Gasteiger partial charge in [0, 0.05) is 12.0 Å². The van der Waals surface area contributed by atoms with Crippen LogP contribution >= 0.6 is 0 Å². The summed E-state index contributed by atoms with van der Waals surface area (Å²) in [6.07, 6.45) is 0. The van der Waals surface area contributed by atoms with Crippen LogP contribution in [0.1, 0.15) is 20.8 Å². The van der Waals surface area contributed by atoms with Gasteiger partial charge in [0.05, 0.1) is 6.07 Å². The molecule has 0 aromatic carbocycles. The SMILES string of the molecule is CC1(C)CNC(=O)C1(C)C#N. The first-order valence-corrected chi connectivity index (χ1v) is 3.63. The van der Waals surface area contributed by atoms with E-state index in [1.165, 1.54) is 0 Å². The Labute approximate surface area is 66.4 Å². The Morgan fingerprint density at radius 3 is 2.27 bits per heavy atom. The standard InChI is InChI=1S/C8H12N2O/c1-7(2)5-10-6(11)8(7,3)4-9/h5H2,1-3H3,(H,10,11). The van der Waals surface area contributed by atoms with Crippen LogP contribution in [0.2, 0.25) is 0 Å². The Bertz CT molecular complexity index is 239. The summed E-state index contributed by atoms with van der Waals surface area (Å²) >= 11 is 0. The molecule has 1 saturated heterocycles. The van der Waals surface area contributed by atoms with Gasteiger partial charge in [-0.1, -0.05) is 13.8 Å². The van der Waals surface area contributed by atoms with Crippen molar-refractivity contribution in [3.8, 4) is 6.07 Å². The number of carbonyl (C=O) groups is 1. The minimum Gasteiger partial charge on any atom is -0.354 e. The number of nitriles is 1. The minimum atomic E-state index is -0.854. The van der Waals surface area contributed by atoms with E-state index in [0.29, 0.717) is 6.54 Å². The minimum absolute atomic E-state index is 0.148. The summed E-state index contributed by atoms with van der Waals surface area (Å²) in [7, 11) is 0. The first kappa shape index (κ1) is 8.06. The molecule has 0 radical (unpaired) electrons. The van der Waals surface area contributed by atoms with Crippen molar-refractivity contribution in [2.75, 3.05) is 6.54 Å². The van der Waals surface area contributed by atoms with Gasteiger partial charge in [0.25, 0.3) is 0 Å². The molecule has 0 bridgehead atoms. The van der Waals surface area contributed by atoms with E-state index >= 15 is 0 Å². The van der Waals surface area contributed by atoms with E-state index in [4.69, 9.17) is 5.26 Å². The zero-order chi connectivity index (χ0) is 8.70. The Balaban J connectivity index is 3.10. The van der Waals surface area contributed by atoms with E-state index in [9.17, 15) is 4.79 Å². The Morgan fingerprint density at radius 2 is 2.09 bits per heavy atom. The third-order valence-corrected chi connectivity index (χ3v) is 2.72. The van der Waals surface area contributed by atoms with Gasteiger partial charge in [-0.25, -0.2) is 0 Å². The van der Waals surface area contributed by atoms with E-state index in [1.54, 1.807) is 6.92 Å². The number of carbonyl (C=O) groups excluding carboxylic acids is 1. The zero-order valence-corrected chi connectivity index (χ0v) is 7.06. The van der Waals surface area contributed by atoms with Crippen LogP contribution in [0.4, 0.5) is 0 Å². The highest BCUT2D eigenvalue weighted by Gasteiger charge is 2.52. The molecular weight excluding hydrogens is 140 g/mol. The smallest absolute Gasteiger partial charge is 0.240 e. The fourth-order valence-electron chi connectivity index (χ4n) is 1.16. The van der Waals surface area contributed by atoms with Gasteiger partial charge in [-0.2, -0.15) is 5.26 Å².